The molecule has 0 unspecified atom stereocenters. The third-order valence-electron chi connectivity index (χ3n) is 3.14. The maximum absolute atomic E-state index is 12.0. The van der Waals surface area contributed by atoms with Gasteiger partial charge < -0.3 is 15.0 Å². The van der Waals surface area contributed by atoms with Crippen LogP contribution < -0.4 is 5.32 Å². The number of carbonyl (C=O) groups excluding carboxylic acids is 1. The van der Waals surface area contributed by atoms with E-state index in [0.717, 1.165) is 18.5 Å². The lowest BCUT2D eigenvalue weighted by atomic mass is 10.2. The Hall–Kier alpha value is -0.970. The van der Waals surface area contributed by atoms with Crippen LogP contribution in [0.3, 0.4) is 0 Å². The second-order valence-corrected chi connectivity index (χ2v) is 7.17. The van der Waals surface area contributed by atoms with E-state index in [1.165, 1.54) is 0 Å². The van der Waals surface area contributed by atoms with Crippen LogP contribution in [0.5, 0.6) is 0 Å². The molecule has 1 aromatic rings. The van der Waals surface area contributed by atoms with Gasteiger partial charge in [-0.1, -0.05) is 23.2 Å². The summed E-state index contributed by atoms with van der Waals surface area (Å²) in [7, 11) is 0. The van der Waals surface area contributed by atoms with Crippen LogP contribution in [-0.4, -0.2) is 36.2 Å². The van der Waals surface area contributed by atoms with E-state index in [2.05, 4.69) is 5.32 Å². The van der Waals surface area contributed by atoms with Crippen molar-refractivity contribution in [3.63, 3.8) is 0 Å². The van der Waals surface area contributed by atoms with E-state index in [4.69, 9.17) is 27.9 Å². The summed E-state index contributed by atoms with van der Waals surface area (Å²) in [5, 5.41) is 4.69. The molecule has 1 amide bonds. The summed E-state index contributed by atoms with van der Waals surface area (Å²) in [4.78, 5) is 13.7. The number of nitrogens with one attached hydrogen (secondary N) is 1. The van der Waals surface area contributed by atoms with Crippen molar-refractivity contribution in [1.29, 1.82) is 0 Å². The van der Waals surface area contributed by atoms with Crippen molar-refractivity contribution in [3.05, 3.63) is 33.8 Å². The second-order valence-electron chi connectivity index (χ2n) is 6.33. The summed E-state index contributed by atoms with van der Waals surface area (Å²) in [6.07, 6.45) is 0.573. The Labute approximate surface area is 149 Å². The molecule has 0 radical (unpaired) electrons. The van der Waals surface area contributed by atoms with E-state index in [-0.39, 0.29) is 6.09 Å². The highest BCUT2D eigenvalue weighted by molar-refractivity contribution is 6.33. The number of halogens is 2. The van der Waals surface area contributed by atoms with Crippen molar-refractivity contribution in [2.75, 3.05) is 19.6 Å². The smallest absolute Gasteiger partial charge is 0.410 e. The van der Waals surface area contributed by atoms with Crippen molar-refractivity contribution >= 4 is 29.3 Å². The number of nitrogens with zero attached hydrogens (tertiary/aromatic N) is 1. The average molecular weight is 361 g/mol. The molecule has 0 saturated heterocycles. The van der Waals surface area contributed by atoms with E-state index in [1.807, 2.05) is 33.8 Å². The summed E-state index contributed by atoms with van der Waals surface area (Å²) in [6.45, 7) is 10.3. The first-order chi connectivity index (χ1) is 10.7. The molecular formula is C17H26Cl2N2O2. The van der Waals surface area contributed by atoms with Gasteiger partial charge in [-0.05, 0) is 64.4 Å². The molecule has 0 aliphatic carbocycles. The van der Waals surface area contributed by atoms with E-state index in [9.17, 15) is 4.79 Å². The fraction of sp³-hybridized carbons (Fsp3) is 0.588. The Balaban J connectivity index is 2.32. The first-order valence-corrected chi connectivity index (χ1v) is 8.61. The number of rotatable bonds is 7. The highest BCUT2D eigenvalue weighted by Crippen LogP contribution is 2.20. The fourth-order valence-electron chi connectivity index (χ4n) is 2.00. The van der Waals surface area contributed by atoms with E-state index < -0.39 is 5.60 Å². The lowest BCUT2D eigenvalue weighted by Gasteiger charge is -2.26. The largest absolute Gasteiger partial charge is 0.444 e. The average Bonchev–Trinajstić information content (AvgIpc) is 2.44. The molecule has 4 nitrogen and oxygen atoms in total. The van der Waals surface area contributed by atoms with E-state index in [1.54, 1.807) is 17.0 Å². The normalized spacial score (nSPS) is 11.4. The van der Waals surface area contributed by atoms with Gasteiger partial charge in [0.15, 0.2) is 0 Å². The molecule has 0 saturated carbocycles. The molecule has 0 aliphatic rings. The minimum Gasteiger partial charge on any atom is -0.444 e. The molecular weight excluding hydrogens is 335 g/mol. The molecule has 1 aromatic carbocycles. The Kier molecular flexibility index (Phi) is 8.17. The van der Waals surface area contributed by atoms with Gasteiger partial charge >= 0.3 is 6.09 Å². The lowest BCUT2D eigenvalue weighted by molar-refractivity contribution is 0.0258. The summed E-state index contributed by atoms with van der Waals surface area (Å²) < 4.78 is 5.38. The first kappa shape index (κ1) is 20.1. The number of amides is 1. The minimum atomic E-state index is -0.466. The maximum Gasteiger partial charge on any atom is 0.410 e. The predicted octanol–water partition coefficient (Wildman–Crippen LogP) is 4.73. The van der Waals surface area contributed by atoms with Crippen molar-refractivity contribution in [1.82, 2.24) is 10.2 Å². The van der Waals surface area contributed by atoms with Gasteiger partial charge in [0.1, 0.15) is 5.60 Å². The van der Waals surface area contributed by atoms with Gasteiger partial charge in [0.2, 0.25) is 0 Å². The molecule has 1 rings (SSSR count). The van der Waals surface area contributed by atoms with Gasteiger partial charge in [-0.25, -0.2) is 4.79 Å². The minimum absolute atomic E-state index is 0.266. The van der Waals surface area contributed by atoms with Gasteiger partial charge in [0, 0.05) is 29.7 Å². The second kappa shape index (κ2) is 9.36. The molecule has 0 heterocycles. The summed E-state index contributed by atoms with van der Waals surface area (Å²) in [5.41, 5.74) is 0.505. The number of benzene rings is 1. The van der Waals surface area contributed by atoms with Gasteiger partial charge in [-0.3, -0.25) is 0 Å². The number of hydrogen-bond donors (Lipinski definition) is 1. The zero-order valence-electron chi connectivity index (χ0n) is 14.3. The van der Waals surface area contributed by atoms with Crippen molar-refractivity contribution < 1.29 is 9.53 Å². The molecule has 130 valence electrons. The molecule has 0 atom stereocenters. The maximum atomic E-state index is 12.0. The highest BCUT2D eigenvalue weighted by Gasteiger charge is 2.20. The Morgan fingerprint density at radius 2 is 2.00 bits per heavy atom. The van der Waals surface area contributed by atoms with Crippen LogP contribution in [0.4, 0.5) is 4.79 Å². The van der Waals surface area contributed by atoms with Crippen LogP contribution in [0.2, 0.25) is 10.0 Å². The number of ether oxygens (including phenoxy) is 1. The fourth-order valence-corrected chi connectivity index (χ4v) is 2.38. The van der Waals surface area contributed by atoms with Crippen LogP contribution >= 0.6 is 23.2 Å². The van der Waals surface area contributed by atoms with Crippen LogP contribution in [0, 0.1) is 0 Å². The third-order valence-corrected chi connectivity index (χ3v) is 3.74. The molecule has 0 aliphatic heterocycles. The van der Waals surface area contributed by atoms with Crippen LogP contribution in [0.1, 0.15) is 39.7 Å². The monoisotopic (exact) mass is 360 g/mol. The number of hydrogen-bond acceptors (Lipinski definition) is 3. The Morgan fingerprint density at radius 3 is 2.61 bits per heavy atom. The zero-order valence-corrected chi connectivity index (χ0v) is 15.8. The summed E-state index contributed by atoms with van der Waals surface area (Å²) in [5.74, 6) is 0. The highest BCUT2D eigenvalue weighted by atomic mass is 35.5. The molecule has 0 spiro atoms. The first-order valence-electron chi connectivity index (χ1n) is 7.85. The third kappa shape index (κ3) is 7.91. The Bertz CT molecular complexity index is 516. The summed E-state index contributed by atoms with van der Waals surface area (Å²) in [6, 6.07) is 5.42. The molecule has 0 fully saturated rings. The van der Waals surface area contributed by atoms with Crippen molar-refractivity contribution in [3.8, 4) is 0 Å². The predicted molar refractivity (Wildman–Crippen MR) is 96.3 cm³/mol. The lowest BCUT2D eigenvalue weighted by Crippen LogP contribution is -2.38. The van der Waals surface area contributed by atoms with Gasteiger partial charge in [0.05, 0.1) is 0 Å². The SMILES string of the molecule is CCN(CCCNCc1cc(Cl)ccc1Cl)C(=O)OC(C)(C)C. The van der Waals surface area contributed by atoms with E-state index in [0.29, 0.717) is 29.7 Å². The van der Waals surface area contributed by atoms with Crippen molar-refractivity contribution in [2.24, 2.45) is 0 Å². The molecule has 6 heteroatoms. The Morgan fingerprint density at radius 1 is 1.30 bits per heavy atom. The van der Waals surface area contributed by atoms with Gasteiger partial charge in [0.25, 0.3) is 0 Å². The topological polar surface area (TPSA) is 41.6 Å². The standard InChI is InChI=1S/C17H26Cl2N2O2/c1-5-21(16(22)23-17(2,3)4)10-6-9-20-12-13-11-14(18)7-8-15(13)19/h7-8,11,20H,5-6,9-10,12H2,1-4H3. The molecule has 1 N–H and O–H groups in total. The number of carbonyl (C=O) groups is 1. The molecule has 0 bridgehead atoms. The van der Waals surface area contributed by atoms with Crippen LogP contribution in [0.25, 0.3) is 0 Å². The zero-order chi connectivity index (χ0) is 17.5. The van der Waals surface area contributed by atoms with Crippen LogP contribution in [-0.2, 0) is 11.3 Å². The molecule has 23 heavy (non-hydrogen) atoms. The van der Waals surface area contributed by atoms with Gasteiger partial charge in [-0.2, -0.15) is 0 Å². The van der Waals surface area contributed by atoms with Crippen molar-refractivity contribution in [2.45, 2.75) is 46.3 Å². The van der Waals surface area contributed by atoms with Gasteiger partial charge in [-0.15, -0.1) is 0 Å². The van der Waals surface area contributed by atoms with E-state index >= 15 is 0 Å². The summed E-state index contributed by atoms with van der Waals surface area (Å²) >= 11 is 12.1. The van der Waals surface area contributed by atoms with Crippen LogP contribution in [0.15, 0.2) is 18.2 Å². The quantitative estimate of drug-likeness (QED) is 0.714. The molecule has 0 aromatic heterocycles.